The van der Waals surface area contributed by atoms with Crippen molar-refractivity contribution in [2.45, 2.75) is 37.8 Å². The summed E-state index contributed by atoms with van der Waals surface area (Å²) in [6.07, 6.45) is 3.97. The Morgan fingerprint density at radius 2 is 1.81 bits per heavy atom. The van der Waals surface area contributed by atoms with Crippen LogP contribution in [0, 0.1) is 0 Å². The number of ether oxygens (including phenoxy) is 1. The molecule has 1 aliphatic heterocycles. The summed E-state index contributed by atoms with van der Waals surface area (Å²) in [6.45, 7) is 1.70. The van der Waals surface area contributed by atoms with E-state index in [1.165, 1.54) is 22.3 Å². The molecule has 160 valence electrons. The van der Waals surface area contributed by atoms with Crippen LogP contribution in [0.2, 0.25) is 0 Å². The van der Waals surface area contributed by atoms with Crippen molar-refractivity contribution in [3.8, 4) is 11.1 Å². The number of aryl methyl sites for hydroxylation is 1. The molecule has 1 atom stereocenters. The highest BCUT2D eigenvalue weighted by atomic mass is 16.6. The Bertz CT molecular complexity index is 1030. The number of hydrogen-bond acceptors (Lipinski definition) is 5. The monoisotopic (exact) mass is 418 g/mol. The fourth-order valence-corrected chi connectivity index (χ4v) is 4.78. The zero-order valence-electron chi connectivity index (χ0n) is 17.4. The number of benzene rings is 2. The molecule has 0 bridgehead atoms. The van der Waals surface area contributed by atoms with Crippen LogP contribution in [0.15, 0.2) is 54.7 Å². The molecule has 1 unspecified atom stereocenters. The standard InChI is InChI=1S/C24H26N4O3/c29-14-6-12-27-15-22(25-26-27)23-11-5-13-28(23)24(30)31-16-21-19-9-3-1-7-17(19)18-8-2-4-10-20(18)21/h1-4,7-10,15,21,23,29H,5-6,11-14,16H2. The van der Waals surface area contributed by atoms with Gasteiger partial charge in [-0.05, 0) is 41.5 Å². The lowest BCUT2D eigenvalue weighted by Crippen LogP contribution is -2.32. The van der Waals surface area contributed by atoms with Crippen LogP contribution >= 0.6 is 0 Å². The second kappa shape index (κ2) is 8.51. The van der Waals surface area contributed by atoms with Crippen molar-refractivity contribution in [3.63, 3.8) is 0 Å². The van der Waals surface area contributed by atoms with Crippen LogP contribution in [-0.2, 0) is 11.3 Å². The molecule has 7 nitrogen and oxygen atoms in total. The Kier molecular flexibility index (Phi) is 5.42. The average molecular weight is 418 g/mol. The summed E-state index contributed by atoms with van der Waals surface area (Å²) in [5.41, 5.74) is 5.64. The number of likely N-dealkylation sites (tertiary alicyclic amines) is 1. The van der Waals surface area contributed by atoms with Gasteiger partial charge < -0.3 is 9.84 Å². The molecule has 2 heterocycles. The van der Waals surface area contributed by atoms with Gasteiger partial charge in [-0.15, -0.1) is 5.10 Å². The third-order valence-electron chi connectivity index (χ3n) is 6.27. The van der Waals surface area contributed by atoms with Crippen LogP contribution in [-0.4, -0.2) is 50.9 Å². The summed E-state index contributed by atoms with van der Waals surface area (Å²) < 4.78 is 7.57. The molecule has 31 heavy (non-hydrogen) atoms. The van der Waals surface area contributed by atoms with Gasteiger partial charge in [0.25, 0.3) is 0 Å². The summed E-state index contributed by atoms with van der Waals surface area (Å²) in [6, 6.07) is 16.6. The van der Waals surface area contributed by atoms with Crippen molar-refractivity contribution in [1.82, 2.24) is 19.9 Å². The number of aliphatic hydroxyl groups is 1. The lowest BCUT2D eigenvalue weighted by atomic mass is 9.98. The van der Waals surface area contributed by atoms with Crippen molar-refractivity contribution >= 4 is 6.09 Å². The Balaban J connectivity index is 1.29. The topological polar surface area (TPSA) is 80.5 Å². The van der Waals surface area contributed by atoms with E-state index in [2.05, 4.69) is 34.6 Å². The zero-order chi connectivity index (χ0) is 21.2. The van der Waals surface area contributed by atoms with Gasteiger partial charge in [-0.25, -0.2) is 4.79 Å². The van der Waals surface area contributed by atoms with E-state index >= 15 is 0 Å². The van der Waals surface area contributed by atoms with Crippen molar-refractivity contribution in [3.05, 3.63) is 71.5 Å². The quantitative estimate of drug-likeness (QED) is 0.660. The Morgan fingerprint density at radius 3 is 2.52 bits per heavy atom. The summed E-state index contributed by atoms with van der Waals surface area (Å²) in [5.74, 6) is 0.0526. The van der Waals surface area contributed by atoms with E-state index < -0.39 is 0 Å². The minimum absolute atomic E-state index is 0.0526. The van der Waals surface area contributed by atoms with Crippen LogP contribution < -0.4 is 0 Å². The van der Waals surface area contributed by atoms with Gasteiger partial charge in [0.1, 0.15) is 12.3 Å². The second-order valence-electron chi connectivity index (χ2n) is 8.14. The number of nitrogens with zero attached hydrogens (tertiary/aromatic N) is 4. The van der Waals surface area contributed by atoms with Gasteiger partial charge >= 0.3 is 6.09 Å². The predicted octanol–water partition coefficient (Wildman–Crippen LogP) is 3.75. The average Bonchev–Trinajstić information content (AvgIpc) is 3.53. The van der Waals surface area contributed by atoms with Crippen LogP contribution in [0.25, 0.3) is 11.1 Å². The SMILES string of the molecule is O=C(OCC1c2ccccc2-c2ccccc21)N1CCCC1c1cn(CCCO)nn1. The molecule has 0 spiro atoms. The molecule has 5 rings (SSSR count). The fourth-order valence-electron chi connectivity index (χ4n) is 4.78. The molecular weight excluding hydrogens is 392 g/mol. The number of amides is 1. The first-order valence-corrected chi connectivity index (χ1v) is 10.9. The van der Waals surface area contributed by atoms with Crippen LogP contribution in [0.3, 0.4) is 0 Å². The van der Waals surface area contributed by atoms with Crippen molar-refractivity contribution in [1.29, 1.82) is 0 Å². The van der Waals surface area contributed by atoms with Gasteiger partial charge in [-0.2, -0.15) is 0 Å². The molecule has 1 N–H and O–H groups in total. The van der Waals surface area contributed by atoms with E-state index in [0.717, 1.165) is 18.5 Å². The number of aromatic nitrogens is 3. The number of carbonyl (C=O) groups is 1. The number of rotatable bonds is 6. The van der Waals surface area contributed by atoms with Gasteiger partial charge in [0.05, 0.1) is 12.2 Å². The molecule has 0 saturated carbocycles. The highest BCUT2D eigenvalue weighted by Crippen LogP contribution is 2.44. The van der Waals surface area contributed by atoms with E-state index in [9.17, 15) is 4.79 Å². The molecule has 1 aromatic heterocycles. The summed E-state index contributed by atoms with van der Waals surface area (Å²) in [5, 5.41) is 17.4. The van der Waals surface area contributed by atoms with Gasteiger partial charge in [-0.3, -0.25) is 9.58 Å². The lowest BCUT2D eigenvalue weighted by Gasteiger charge is -2.23. The molecule has 7 heteroatoms. The number of aliphatic hydroxyl groups excluding tert-OH is 1. The largest absolute Gasteiger partial charge is 0.448 e. The highest BCUT2D eigenvalue weighted by molar-refractivity contribution is 5.79. The van der Waals surface area contributed by atoms with Crippen LogP contribution in [0.1, 0.15) is 48.0 Å². The second-order valence-corrected chi connectivity index (χ2v) is 8.14. The smallest absolute Gasteiger partial charge is 0.410 e. The molecule has 2 aromatic carbocycles. The maximum absolute atomic E-state index is 13.0. The van der Waals surface area contributed by atoms with E-state index in [1.54, 1.807) is 9.58 Å². The molecule has 1 aliphatic carbocycles. The van der Waals surface area contributed by atoms with Crippen LogP contribution in [0.5, 0.6) is 0 Å². The molecule has 1 amide bonds. The third kappa shape index (κ3) is 3.70. The maximum atomic E-state index is 13.0. The number of fused-ring (bicyclic) bond motifs is 3. The normalized spacial score (nSPS) is 17.6. The third-order valence-corrected chi connectivity index (χ3v) is 6.27. The van der Waals surface area contributed by atoms with Gasteiger partial charge in [0.15, 0.2) is 0 Å². The molecule has 2 aliphatic rings. The first-order chi connectivity index (χ1) is 15.3. The van der Waals surface area contributed by atoms with E-state index in [0.29, 0.717) is 26.1 Å². The highest BCUT2D eigenvalue weighted by Gasteiger charge is 2.35. The summed E-state index contributed by atoms with van der Waals surface area (Å²) in [4.78, 5) is 14.8. The van der Waals surface area contributed by atoms with E-state index in [1.807, 2.05) is 30.5 Å². The molecule has 3 aromatic rings. The van der Waals surface area contributed by atoms with Crippen molar-refractivity contribution < 1.29 is 14.6 Å². The molecule has 1 fully saturated rings. The number of hydrogen-bond donors (Lipinski definition) is 1. The zero-order valence-corrected chi connectivity index (χ0v) is 17.4. The van der Waals surface area contributed by atoms with Gasteiger partial charge in [0, 0.05) is 25.6 Å². The summed E-state index contributed by atoms with van der Waals surface area (Å²) >= 11 is 0. The maximum Gasteiger partial charge on any atom is 0.410 e. The number of carbonyl (C=O) groups excluding carboxylic acids is 1. The Labute approximate surface area is 181 Å². The Hall–Kier alpha value is -3.19. The lowest BCUT2D eigenvalue weighted by molar-refractivity contribution is 0.0950. The predicted molar refractivity (Wildman–Crippen MR) is 115 cm³/mol. The fraction of sp³-hybridized carbons (Fsp3) is 0.375. The molecule has 0 radical (unpaired) electrons. The first-order valence-electron chi connectivity index (χ1n) is 10.9. The minimum Gasteiger partial charge on any atom is -0.448 e. The minimum atomic E-state index is -0.297. The molecular formula is C24H26N4O3. The van der Waals surface area contributed by atoms with Crippen molar-refractivity contribution in [2.75, 3.05) is 19.8 Å². The van der Waals surface area contributed by atoms with E-state index in [-0.39, 0.29) is 24.7 Å². The van der Waals surface area contributed by atoms with Crippen molar-refractivity contribution in [2.24, 2.45) is 0 Å². The van der Waals surface area contributed by atoms with Crippen LogP contribution in [0.4, 0.5) is 4.79 Å². The van der Waals surface area contributed by atoms with Gasteiger partial charge in [-0.1, -0.05) is 53.7 Å². The molecule has 1 saturated heterocycles. The van der Waals surface area contributed by atoms with E-state index in [4.69, 9.17) is 9.84 Å². The summed E-state index contributed by atoms with van der Waals surface area (Å²) in [7, 11) is 0. The van der Waals surface area contributed by atoms with Gasteiger partial charge in [0.2, 0.25) is 0 Å². The first kappa shape index (κ1) is 19.8. The Morgan fingerprint density at radius 1 is 1.10 bits per heavy atom.